The second kappa shape index (κ2) is 6.66. The third-order valence-electron chi connectivity index (χ3n) is 3.40. The lowest BCUT2D eigenvalue weighted by Crippen LogP contribution is -2.26. The van der Waals surface area contributed by atoms with E-state index in [0.717, 1.165) is 15.9 Å². The van der Waals surface area contributed by atoms with Gasteiger partial charge in [0.05, 0.1) is 9.82 Å². The molecule has 8 heteroatoms. The molecule has 6 nitrogen and oxygen atoms in total. The van der Waals surface area contributed by atoms with Gasteiger partial charge in [0.1, 0.15) is 0 Å². The SMILES string of the molecule is Cc1ccc(S(=O)(=O)N(C)Cc2ccc(Cl)cc2)cc1[N+](=O)[O-]. The Balaban J connectivity index is 2.32. The number of rotatable bonds is 5. The quantitative estimate of drug-likeness (QED) is 0.609. The average Bonchev–Trinajstić information content (AvgIpc) is 2.49. The summed E-state index contributed by atoms with van der Waals surface area (Å²) in [5.74, 6) is 0. The summed E-state index contributed by atoms with van der Waals surface area (Å²) in [7, 11) is -2.40. The van der Waals surface area contributed by atoms with Gasteiger partial charge < -0.3 is 0 Å². The maximum absolute atomic E-state index is 12.6. The normalized spacial score (nSPS) is 11.7. The molecule has 0 saturated carbocycles. The Morgan fingerprint density at radius 1 is 1.17 bits per heavy atom. The summed E-state index contributed by atoms with van der Waals surface area (Å²) in [6, 6.07) is 10.7. The van der Waals surface area contributed by atoms with E-state index in [2.05, 4.69) is 0 Å². The minimum atomic E-state index is -3.82. The number of halogens is 1. The van der Waals surface area contributed by atoms with Crippen LogP contribution in [0, 0.1) is 17.0 Å². The van der Waals surface area contributed by atoms with Crippen LogP contribution in [0.15, 0.2) is 47.4 Å². The van der Waals surface area contributed by atoms with Gasteiger partial charge in [-0.3, -0.25) is 10.1 Å². The molecule has 0 unspecified atom stereocenters. The van der Waals surface area contributed by atoms with Crippen LogP contribution < -0.4 is 0 Å². The Bertz CT molecular complexity index is 835. The molecular formula is C15H15ClN2O4S. The lowest BCUT2D eigenvalue weighted by atomic mass is 10.2. The highest BCUT2D eigenvalue weighted by Gasteiger charge is 2.24. The molecule has 0 heterocycles. The summed E-state index contributed by atoms with van der Waals surface area (Å²) < 4.78 is 26.3. The molecule has 0 saturated heterocycles. The number of hydrogen-bond donors (Lipinski definition) is 0. The summed E-state index contributed by atoms with van der Waals surface area (Å²) in [6.45, 7) is 1.70. The van der Waals surface area contributed by atoms with Gasteiger partial charge in [0.2, 0.25) is 10.0 Å². The molecule has 0 bridgehead atoms. The van der Waals surface area contributed by atoms with Crippen molar-refractivity contribution in [3.63, 3.8) is 0 Å². The van der Waals surface area contributed by atoms with Crippen LogP contribution in [-0.2, 0) is 16.6 Å². The van der Waals surface area contributed by atoms with E-state index < -0.39 is 14.9 Å². The molecule has 0 aliphatic heterocycles. The van der Waals surface area contributed by atoms with E-state index in [-0.39, 0.29) is 17.1 Å². The highest BCUT2D eigenvalue weighted by atomic mass is 35.5. The molecule has 2 rings (SSSR count). The van der Waals surface area contributed by atoms with E-state index in [9.17, 15) is 18.5 Å². The summed E-state index contributed by atoms with van der Waals surface area (Å²) in [6.07, 6.45) is 0. The van der Waals surface area contributed by atoms with Gasteiger partial charge in [-0.1, -0.05) is 29.8 Å². The molecule has 0 fully saturated rings. The number of nitro benzene ring substituents is 1. The minimum Gasteiger partial charge on any atom is -0.258 e. The number of nitro groups is 1. The predicted molar refractivity (Wildman–Crippen MR) is 87.9 cm³/mol. The van der Waals surface area contributed by atoms with Crippen molar-refractivity contribution in [3.05, 3.63) is 68.7 Å². The predicted octanol–water partition coefficient (Wildman–Crippen LogP) is 3.38. The monoisotopic (exact) mass is 354 g/mol. The van der Waals surface area contributed by atoms with Crippen LogP contribution in [0.4, 0.5) is 5.69 Å². The zero-order valence-electron chi connectivity index (χ0n) is 12.6. The van der Waals surface area contributed by atoms with Crippen LogP contribution in [0.3, 0.4) is 0 Å². The zero-order valence-corrected chi connectivity index (χ0v) is 14.1. The van der Waals surface area contributed by atoms with Crippen molar-refractivity contribution < 1.29 is 13.3 Å². The first kappa shape index (κ1) is 17.4. The number of aryl methyl sites for hydroxylation is 1. The third-order valence-corrected chi connectivity index (χ3v) is 5.46. The largest absolute Gasteiger partial charge is 0.273 e. The van der Waals surface area contributed by atoms with Gasteiger partial charge in [0.15, 0.2) is 0 Å². The molecular weight excluding hydrogens is 340 g/mol. The Morgan fingerprint density at radius 3 is 2.35 bits per heavy atom. The van der Waals surface area contributed by atoms with Crippen LogP contribution in [0.25, 0.3) is 0 Å². The van der Waals surface area contributed by atoms with E-state index >= 15 is 0 Å². The van der Waals surface area contributed by atoms with E-state index in [4.69, 9.17) is 11.6 Å². The molecule has 0 N–H and O–H groups in total. The van der Waals surface area contributed by atoms with Gasteiger partial charge in [-0.2, -0.15) is 4.31 Å². The summed E-state index contributed by atoms with van der Waals surface area (Å²) >= 11 is 5.80. The summed E-state index contributed by atoms with van der Waals surface area (Å²) in [5.41, 5.74) is 0.961. The smallest absolute Gasteiger partial charge is 0.258 e. The van der Waals surface area contributed by atoms with Crippen molar-refractivity contribution in [2.75, 3.05) is 7.05 Å². The maximum atomic E-state index is 12.6. The second-order valence-electron chi connectivity index (χ2n) is 5.09. The topological polar surface area (TPSA) is 80.5 Å². The van der Waals surface area contributed by atoms with E-state index in [0.29, 0.717) is 10.6 Å². The maximum Gasteiger partial charge on any atom is 0.273 e. The highest BCUT2D eigenvalue weighted by Crippen LogP contribution is 2.25. The van der Waals surface area contributed by atoms with E-state index in [1.807, 2.05) is 0 Å². The van der Waals surface area contributed by atoms with E-state index in [1.54, 1.807) is 31.2 Å². The Hall–Kier alpha value is -1.96. The zero-order chi connectivity index (χ0) is 17.2. The van der Waals surface area contributed by atoms with Crippen LogP contribution in [0.2, 0.25) is 5.02 Å². The van der Waals surface area contributed by atoms with Gasteiger partial charge >= 0.3 is 0 Å². The molecule has 0 aliphatic rings. The fourth-order valence-corrected chi connectivity index (χ4v) is 3.36. The molecule has 122 valence electrons. The lowest BCUT2D eigenvalue weighted by Gasteiger charge is -2.17. The summed E-state index contributed by atoms with van der Waals surface area (Å²) in [4.78, 5) is 10.3. The molecule has 0 amide bonds. The van der Waals surface area contributed by atoms with Crippen molar-refractivity contribution in [3.8, 4) is 0 Å². The van der Waals surface area contributed by atoms with Crippen molar-refractivity contribution >= 4 is 27.3 Å². The first-order chi connectivity index (χ1) is 10.7. The molecule has 0 spiro atoms. The van der Waals surface area contributed by atoms with Crippen LogP contribution >= 0.6 is 11.6 Å². The lowest BCUT2D eigenvalue weighted by molar-refractivity contribution is -0.385. The van der Waals surface area contributed by atoms with Crippen molar-refractivity contribution in [1.82, 2.24) is 4.31 Å². The molecule has 2 aromatic rings. The fourth-order valence-electron chi connectivity index (χ4n) is 2.06. The number of sulfonamides is 1. The molecule has 0 aromatic heterocycles. The molecule has 2 aromatic carbocycles. The minimum absolute atomic E-state index is 0.105. The van der Waals surface area contributed by atoms with Crippen molar-refractivity contribution in [2.24, 2.45) is 0 Å². The first-order valence-corrected chi connectivity index (χ1v) is 8.49. The molecule has 23 heavy (non-hydrogen) atoms. The van der Waals surface area contributed by atoms with Gasteiger partial charge in [-0.15, -0.1) is 0 Å². The van der Waals surface area contributed by atoms with Crippen LogP contribution in [-0.4, -0.2) is 24.7 Å². The second-order valence-corrected chi connectivity index (χ2v) is 7.57. The van der Waals surface area contributed by atoms with Gasteiger partial charge in [-0.05, 0) is 30.7 Å². The third kappa shape index (κ3) is 3.87. The molecule has 0 radical (unpaired) electrons. The van der Waals surface area contributed by atoms with Gasteiger partial charge in [-0.25, -0.2) is 8.42 Å². The Morgan fingerprint density at radius 2 is 1.78 bits per heavy atom. The van der Waals surface area contributed by atoms with Gasteiger partial charge in [0, 0.05) is 30.2 Å². The van der Waals surface area contributed by atoms with E-state index in [1.165, 1.54) is 19.2 Å². The van der Waals surface area contributed by atoms with Crippen molar-refractivity contribution in [2.45, 2.75) is 18.4 Å². The highest BCUT2D eigenvalue weighted by molar-refractivity contribution is 7.89. The molecule has 0 atom stereocenters. The number of nitrogens with zero attached hydrogens (tertiary/aromatic N) is 2. The van der Waals surface area contributed by atoms with Gasteiger partial charge in [0.25, 0.3) is 5.69 Å². The number of hydrogen-bond acceptors (Lipinski definition) is 4. The fraction of sp³-hybridized carbons (Fsp3) is 0.200. The van der Waals surface area contributed by atoms with Crippen LogP contribution in [0.5, 0.6) is 0 Å². The molecule has 0 aliphatic carbocycles. The first-order valence-electron chi connectivity index (χ1n) is 6.67. The number of benzene rings is 2. The standard InChI is InChI=1S/C15H15ClN2O4S/c1-11-3-8-14(9-15(11)18(19)20)23(21,22)17(2)10-12-4-6-13(16)7-5-12/h3-9H,10H2,1-2H3. The average molecular weight is 355 g/mol. The Labute approximate surface area is 139 Å². The van der Waals surface area contributed by atoms with Crippen LogP contribution in [0.1, 0.15) is 11.1 Å². The summed E-state index contributed by atoms with van der Waals surface area (Å²) in [5, 5.41) is 11.5. The van der Waals surface area contributed by atoms with Crippen molar-refractivity contribution in [1.29, 1.82) is 0 Å². The Kier molecular flexibility index (Phi) is 5.03.